The van der Waals surface area contributed by atoms with Crippen LogP contribution < -0.4 is 0 Å². The molecule has 0 radical (unpaired) electrons. The Labute approximate surface area is 102 Å². The van der Waals surface area contributed by atoms with E-state index in [1.54, 1.807) is 6.92 Å². The topological polar surface area (TPSA) is 39.4 Å². The zero-order valence-electron chi connectivity index (χ0n) is 9.04. The highest BCUT2D eigenvalue weighted by molar-refractivity contribution is 9.10. The first-order valence-corrected chi connectivity index (χ1v) is 5.78. The van der Waals surface area contributed by atoms with E-state index in [0.717, 1.165) is 21.0 Å². The number of halogens is 1. The van der Waals surface area contributed by atoms with Crippen molar-refractivity contribution in [1.29, 1.82) is 0 Å². The van der Waals surface area contributed by atoms with E-state index in [0.29, 0.717) is 6.61 Å². The molecule has 0 aliphatic rings. The number of fused-ring (bicyclic) bond motifs is 1. The van der Waals surface area contributed by atoms with Crippen LogP contribution in [-0.2, 0) is 4.74 Å². The van der Waals surface area contributed by atoms with Crippen LogP contribution in [-0.4, -0.2) is 12.6 Å². The molecule has 1 aromatic heterocycles. The van der Waals surface area contributed by atoms with Crippen molar-refractivity contribution in [2.24, 2.45) is 0 Å². The van der Waals surface area contributed by atoms with Gasteiger partial charge in [-0.3, -0.25) is 0 Å². The average molecular weight is 283 g/mol. The van der Waals surface area contributed by atoms with Gasteiger partial charge in [-0.1, -0.05) is 15.9 Å². The van der Waals surface area contributed by atoms with Crippen molar-refractivity contribution >= 4 is 32.7 Å². The Kier molecular flexibility index (Phi) is 3.01. The number of benzene rings is 1. The molecular formula is C12H11BrO3. The summed E-state index contributed by atoms with van der Waals surface area (Å²) >= 11 is 3.39. The summed E-state index contributed by atoms with van der Waals surface area (Å²) in [5.74, 6) is 0.587. The van der Waals surface area contributed by atoms with Crippen molar-refractivity contribution in [3.63, 3.8) is 0 Å². The second-order valence-electron chi connectivity index (χ2n) is 3.40. The summed E-state index contributed by atoms with van der Waals surface area (Å²) in [7, 11) is 0. The Bertz CT molecular complexity index is 542. The molecule has 0 N–H and O–H groups in total. The van der Waals surface area contributed by atoms with Crippen LogP contribution in [0.15, 0.2) is 27.1 Å². The molecule has 0 atom stereocenters. The van der Waals surface area contributed by atoms with Crippen LogP contribution in [0.3, 0.4) is 0 Å². The largest absolute Gasteiger partial charge is 0.460 e. The van der Waals surface area contributed by atoms with Gasteiger partial charge in [0.25, 0.3) is 0 Å². The van der Waals surface area contributed by atoms with Crippen molar-refractivity contribution in [2.75, 3.05) is 6.61 Å². The number of carbonyl (C=O) groups excluding carboxylic acids is 1. The zero-order valence-corrected chi connectivity index (χ0v) is 10.6. The van der Waals surface area contributed by atoms with Gasteiger partial charge < -0.3 is 9.15 Å². The summed E-state index contributed by atoms with van der Waals surface area (Å²) in [4.78, 5) is 11.6. The van der Waals surface area contributed by atoms with Crippen molar-refractivity contribution < 1.29 is 13.9 Å². The number of hydrogen-bond acceptors (Lipinski definition) is 3. The maximum atomic E-state index is 11.6. The normalized spacial score (nSPS) is 10.7. The predicted octanol–water partition coefficient (Wildman–Crippen LogP) is 3.68. The number of rotatable bonds is 2. The van der Waals surface area contributed by atoms with Gasteiger partial charge in [0.05, 0.1) is 6.61 Å². The first-order chi connectivity index (χ1) is 7.63. The van der Waals surface area contributed by atoms with Gasteiger partial charge >= 0.3 is 5.97 Å². The minimum absolute atomic E-state index is 0.279. The number of carbonyl (C=O) groups is 1. The summed E-state index contributed by atoms with van der Waals surface area (Å²) in [6.07, 6.45) is 0. The molecule has 0 amide bonds. The summed E-state index contributed by atoms with van der Waals surface area (Å²) in [5, 5.41) is 1.72. The molecule has 0 aliphatic heterocycles. The van der Waals surface area contributed by atoms with E-state index in [9.17, 15) is 4.79 Å². The van der Waals surface area contributed by atoms with Gasteiger partial charge in [0.1, 0.15) is 5.76 Å². The number of aryl methyl sites for hydroxylation is 1. The van der Waals surface area contributed by atoms with Crippen molar-refractivity contribution in [3.8, 4) is 0 Å². The number of esters is 1. The average Bonchev–Trinajstić information content (AvgIpc) is 2.56. The third kappa shape index (κ3) is 1.85. The molecule has 0 saturated carbocycles. The molecule has 0 aliphatic carbocycles. The first-order valence-electron chi connectivity index (χ1n) is 4.99. The maximum absolute atomic E-state index is 11.6. The molecule has 1 aromatic carbocycles. The molecule has 0 unspecified atom stereocenters. The van der Waals surface area contributed by atoms with E-state index in [1.165, 1.54) is 0 Å². The Morgan fingerprint density at radius 3 is 2.88 bits per heavy atom. The van der Waals surface area contributed by atoms with Gasteiger partial charge in [0.15, 0.2) is 0 Å². The molecular weight excluding hydrogens is 272 g/mol. The SMILES string of the molecule is CCOC(=O)c1oc(C)c2cc(Br)ccc12. The molecule has 2 rings (SSSR count). The van der Waals surface area contributed by atoms with E-state index in [-0.39, 0.29) is 5.76 Å². The highest BCUT2D eigenvalue weighted by Gasteiger charge is 2.18. The van der Waals surface area contributed by atoms with Crippen LogP contribution in [0.25, 0.3) is 10.8 Å². The predicted molar refractivity (Wildman–Crippen MR) is 64.6 cm³/mol. The molecule has 0 fully saturated rings. The van der Waals surface area contributed by atoms with Crippen molar-refractivity contribution in [1.82, 2.24) is 0 Å². The van der Waals surface area contributed by atoms with E-state index in [2.05, 4.69) is 15.9 Å². The van der Waals surface area contributed by atoms with Crippen LogP contribution in [0.5, 0.6) is 0 Å². The van der Waals surface area contributed by atoms with Crippen LogP contribution in [0.4, 0.5) is 0 Å². The Hall–Kier alpha value is -1.29. The Morgan fingerprint density at radius 1 is 1.44 bits per heavy atom. The lowest BCUT2D eigenvalue weighted by molar-refractivity contribution is 0.0491. The molecule has 3 nitrogen and oxygen atoms in total. The van der Waals surface area contributed by atoms with Crippen molar-refractivity contribution in [2.45, 2.75) is 13.8 Å². The van der Waals surface area contributed by atoms with Gasteiger partial charge in [-0.15, -0.1) is 0 Å². The molecule has 0 bridgehead atoms. The van der Waals surface area contributed by atoms with Gasteiger partial charge in [-0.05, 0) is 32.0 Å². The van der Waals surface area contributed by atoms with E-state index in [1.807, 2.05) is 25.1 Å². The summed E-state index contributed by atoms with van der Waals surface area (Å²) in [6, 6.07) is 5.65. The van der Waals surface area contributed by atoms with E-state index < -0.39 is 5.97 Å². The van der Waals surface area contributed by atoms with E-state index >= 15 is 0 Å². The van der Waals surface area contributed by atoms with E-state index in [4.69, 9.17) is 9.15 Å². The zero-order chi connectivity index (χ0) is 11.7. The molecule has 4 heteroatoms. The first kappa shape index (κ1) is 11.2. The smallest absolute Gasteiger partial charge is 0.374 e. The van der Waals surface area contributed by atoms with Gasteiger partial charge in [0.2, 0.25) is 5.76 Å². The van der Waals surface area contributed by atoms with Crippen molar-refractivity contribution in [3.05, 3.63) is 34.2 Å². The quantitative estimate of drug-likeness (QED) is 0.789. The molecule has 2 aromatic rings. The summed E-state index contributed by atoms with van der Waals surface area (Å²) in [6.45, 7) is 3.95. The lowest BCUT2D eigenvalue weighted by atomic mass is 10.1. The third-order valence-corrected chi connectivity index (χ3v) is 2.81. The molecule has 16 heavy (non-hydrogen) atoms. The van der Waals surface area contributed by atoms with Crippen LogP contribution >= 0.6 is 15.9 Å². The fraction of sp³-hybridized carbons (Fsp3) is 0.250. The standard InChI is InChI=1S/C12H11BrO3/c1-3-15-12(14)11-9-5-4-8(13)6-10(9)7(2)16-11/h4-6H,3H2,1-2H3. The van der Waals surface area contributed by atoms with Crippen LogP contribution in [0, 0.1) is 6.92 Å². The van der Waals surface area contributed by atoms with Gasteiger partial charge in [-0.25, -0.2) is 4.79 Å². The maximum Gasteiger partial charge on any atom is 0.374 e. The Morgan fingerprint density at radius 2 is 2.19 bits per heavy atom. The minimum Gasteiger partial charge on any atom is -0.460 e. The minimum atomic E-state index is -0.414. The second-order valence-corrected chi connectivity index (χ2v) is 4.31. The highest BCUT2D eigenvalue weighted by atomic mass is 79.9. The lowest BCUT2D eigenvalue weighted by Crippen LogP contribution is -2.03. The molecule has 0 saturated heterocycles. The number of furan rings is 1. The number of hydrogen-bond donors (Lipinski definition) is 0. The Balaban J connectivity index is 2.59. The molecule has 84 valence electrons. The highest BCUT2D eigenvalue weighted by Crippen LogP contribution is 2.28. The third-order valence-electron chi connectivity index (χ3n) is 2.32. The molecule has 1 heterocycles. The lowest BCUT2D eigenvalue weighted by Gasteiger charge is -1.98. The summed E-state index contributed by atoms with van der Waals surface area (Å²) < 4.78 is 11.3. The monoisotopic (exact) mass is 282 g/mol. The fourth-order valence-electron chi connectivity index (χ4n) is 1.62. The van der Waals surface area contributed by atoms with Crippen LogP contribution in [0.1, 0.15) is 23.2 Å². The second kappa shape index (κ2) is 4.29. The van der Waals surface area contributed by atoms with Gasteiger partial charge in [0, 0.05) is 15.2 Å². The fourth-order valence-corrected chi connectivity index (χ4v) is 1.98. The number of ether oxygens (including phenoxy) is 1. The van der Waals surface area contributed by atoms with Crippen LogP contribution in [0.2, 0.25) is 0 Å². The molecule has 0 spiro atoms. The van der Waals surface area contributed by atoms with Gasteiger partial charge in [-0.2, -0.15) is 0 Å². The summed E-state index contributed by atoms with van der Waals surface area (Å²) in [5.41, 5.74) is 0.